The minimum atomic E-state index is 0.710. The lowest BCUT2D eigenvalue weighted by molar-refractivity contribution is 0.803. The maximum Gasteiger partial charge on any atom is 0.133 e. The van der Waals surface area contributed by atoms with E-state index in [1.165, 1.54) is 0 Å². The van der Waals surface area contributed by atoms with Crippen molar-refractivity contribution in [3.63, 3.8) is 0 Å². The first-order valence-electron chi connectivity index (χ1n) is 5.17. The number of hydrogen-bond acceptors (Lipinski definition) is 4. The molecule has 0 atom stereocenters. The van der Waals surface area contributed by atoms with Crippen molar-refractivity contribution in [1.29, 1.82) is 0 Å². The Morgan fingerprint density at radius 3 is 2.59 bits per heavy atom. The van der Waals surface area contributed by atoms with Gasteiger partial charge in [0.05, 0.1) is 18.1 Å². The van der Waals surface area contributed by atoms with Crippen LogP contribution in [0.2, 0.25) is 0 Å². The number of aromatic nitrogens is 5. The third kappa shape index (κ3) is 1.90. The summed E-state index contributed by atoms with van der Waals surface area (Å²) in [4.78, 5) is 8.18. The Kier molecular flexibility index (Phi) is 2.34. The van der Waals surface area contributed by atoms with Crippen LogP contribution >= 0.6 is 0 Å². The molecule has 0 aliphatic carbocycles. The van der Waals surface area contributed by atoms with E-state index in [4.69, 9.17) is 0 Å². The molecule has 2 aromatic heterocycles. The van der Waals surface area contributed by atoms with Crippen LogP contribution < -0.4 is 0 Å². The Labute approximate surface area is 97.8 Å². The molecule has 17 heavy (non-hydrogen) atoms. The van der Waals surface area contributed by atoms with Crippen molar-refractivity contribution in [2.75, 3.05) is 0 Å². The number of para-hydroxylation sites is 1. The highest BCUT2D eigenvalue weighted by Crippen LogP contribution is 2.13. The fourth-order valence-electron chi connectivity index (χ4n) is 1.52. The van der Waals surface area contributed by atoms with Crippen LogP contribution in [0.4, 0.5) is 0 Å². The van der Waals surface area contributed by atoms with E-state index in [-0.39, 0.29) is 0 Å². The molecular weight excluding hydrogens is 214 g/mol. The normalized spacial score (nSPS) is 10.4. The summed E-state index contributed by atoms with van der Waals surface area (Å²) in [5.74, 6) is 0. The molecule has 82 valence electrons. The van der Waals surface area contributed by atoms with Crippen molar-refractivity contribution in [2.45, 2.75) is 0 Å². The topological polar surface area (TPSA) is 56.5 Å². The fraction of sp³-hybridized carbons (Fsp3) is 0. The van der Waals surface area contributed by atoms with Gasteiger partial charge in [0, 0.05) is 12.4 Å². The highest BCUT2D eigenvalue weighted by molar-refractivity contribution is 5.51. The fourth-order valence-corrected chi connectivity index (χ4v) is 1.52. The Morgan fingerprint density at radius 2 is 1.82 bits per heavy atom. The van der Waals surface area contributed by atoms with Crippen LogP contribution in [0, 0.1) is 0 Å². The van der Waals surface area contributed by atoms with Crippen LogP contribution in [0.15, 0.2) is 55.1 Å². The van der Waals surface area contributed by atoms with E-state index >= 15 is 0 Å². The Hall–Kier alpha value is -2.56. The Bertz CT molecular complexity index is 549. The number of rotatable bonds is 2. The third-order valence-corrected chi connectivity index (χ3v) is 2.34. The summed E-state index contributed by atoms with van der Waals surface area (Å²) < 4.78 is 1.71. The van der Waals surface area contributed by atoms with Crippen molar-refractivity contribution < 1.29 is 0 Å². The second-order valence-electron chi connectivity index (χ2n) is 3.47. The summed E-state index contributed by atoms with van der Waals surface area (Å²) in [6, 6.07) is 9.81. The smallest absolute Gasteiger partial charge is 0.133 e. The van der Waals surface area contributed by atoms with E-state index in [1.807, 2.05) is 36.5 Å². The van der Waals surface area contributed by atoms with Gasteiger partial charge in [0.2, 0.25) is 0 Å². The molecule has 0 aliphatic heterocycles. The van der Waals surface area contributed by atoms with Crippen LogP contribution in [-0.4, -0.2) is 25.0 Å². The van der Waals surface area contributed by atoms with Crippen molar-refractivity contribution in [3.05, 3.63) is 55.1 Å². The Morgan fingerprint density at radius 1 is 0.941 bits per heavy atom. The summed E-state index contributed by atoms with van der Waals surface area (Å²) in [6.07, 6.45) is 6.76. The lowest BCUT2D eigenvalue weighted by Crippen LogP contribution is -1.93. The summed E-state index contributed by atoms with van der Waals surface area (Å²) in [5.41, 5.74) is 2.40. The highest BCUT2D eigenvalue weighted by Gasteiger charge is 2.05. The van der Waals surface area contributed by atoms with E-state index in [0.29, 0.717) is 5.69 Å². The minimum Gasteiger partial charge on any atom is -0.261 e. The predicted octanol–water partition coefficient (Wildman–Crippen LogP) is 1.72. The molecule has 0 radical (unpaired) electrons. The average molecular weight is 223 g/mol. The zero-order valence-corrected chi connectivity index (χ0v) is 8.93. The number of nitrogens with zero attached hydrogens (tertiary/aromatic N) is 5. The molecule has 5 nitrogen and oxygen atoms in total. The van der Waals surface area contributed by atoms with Crippen molar-refractivity contribution in [2.24, 2.45) is 0 Å². The first-order chi connectivity index (χ1) is 8.43. The summed E-state index contributed by atoms with van der Waals surface area (Å²) in [6.45, 7) is 0. The van der Waals surface area contributed by atoms with Gasteiger partial charge in [0.15, 0.2) is 0 Å². The van der Waals surface area contributed by atoms with Gasteiger partial charge < -0.3 is 0 Å². The van der Waals surface area contributed by atoms with Gasteiger partial charge in [-0.3, -0.25) is 9.97 Å². The molecule has 3 rings (SSSR count). The quantitative estimate of drug-likeness (QED) is 0.663. The van der Waals surface area contributed by atoms with E-state index < -0.39 is 0 Å². The van der Waals surface area contributed by atoms with Gasteiger partial charge in [-0.15, -0.1) is 5.10 Å². The molecule has 0 fully saturated rings. The zero-order valence-electron chi connectivity index (χ0n) is 8.93. The molecule has 0 aliphatic rings. The van der Waals surface area contributed by atoms with Gasteiger partial charge in [-0.05, 0) is 12.1 Å². The van der Waals surface area contributed by atoms with E-state index in [9.17, 15) is 0 Å². The van der Waals surface area contributed by atoms with Crippen LogP contribution in [-0.2, 0) is 0 Å². The number of benzene rings is 1. The van der Waals surface area contributed by atoms with Crippen LogP contribution in [0.25, 0.3) is 17.1 Å². The molecule has 0 saturated heterocycles. The maximum absolute atomic E-state index is 4.18. The first kappa shape index (κ1) is 9.65. The third-order valence-electron chi connectivity index (χ3n) is 2.34. The highest BCUT2D eigenvalue weighted by atomic mass is 15.4. The molecule has 0 amide bonds. The predicted molar refractivity (Wildman–Crippen MR) is 62.4 cm³/mol. The van der Waals surface area contributed by atoms with Crippen LogP contribution in [0.3, 0.4) is 0 Å². The maximum atomic E-state index is 4.18. The average Bonchev–Trinajstić information content (AvgIpc) is 2.90. The van der Waals surface area contributed by atoms with Gasteiger partial charge in [0.25, 0.3) is 0 Å². The molecule has 3 aromatic rings. The molecule has 1 aromatic carbocycles. The van der Waals surface area contributed by atoms with Gasteiger partial charge >= 0.3 is 0 Å². The SMILES string of the molecule is c1ccc(-n2cc(-c3cnccn3)nn2)cc1. The summed E-state index contributed by atoms with van der Waals surface area (Å²) in [5, 5.41) is 8.13. The molecule has 0 N–H and O–H groups in total. The molecular formula is C12H9N5. The van der Waals surface area contributed by atoms with Crippen LogP contribution in [0.5, 0.6) is 0 Å². The first-order valence-corrected chi connectivity index (χ1v) is 5.17. The second-order valence-corrected chi connectivity index (χ2v) is 3.47. The lowest BCUT2D eigenvalue weighted by atomic mass is 10.3. The summed E-state index contributed by atoms with van der Waals surface area (Å²) in [7, 11) is 0. The largest absolute Gasteiger partial charge is 0.261 e. The van der Waals surface area contributed by atoms with Gasteiger partial charge in [-0.25, -0.2) is 4.68 Å². The zero-order chi connectivity index (χ0) is 11.5. The molecule has 0 unspecified atom stereocenters. The molecule has 0 spiro atoms. The van der Waals surface area contributed by atoms with E-state index in [1.54, 1.807) is 23.3 Å². The van der Waals surface area contributed by atoms with Gasteiger partial charge in [-0.1, -0.05) is 23.4 Å². The molecule has 0 bridgehead atoms. The monoisotopic (exact) mass is 223 g/mol. The van der Waals surface area contributed by atoms with Gasteiger partial charge in [0.1, 0.15) is 11.4 Å². The van der Waals surface area contributed by atoms with E-state index in [0.717, 1.165) is 11.4 Å². The molecule has 5 heteroatoms. The Balaban J connectivity index is 1.99. The molecule has 2 heterocycles. The van der Waals surface area contributed by atoms with Crippen molar-refractivity contribution >= 4 is 0 Å². The molecule has 0 saturated carbocycles. The lowest BCUT2D eigenvalue weighted by Gasteiger charge is -1.97. The van der Waals surface area contributed by atoms with Crippen LogP contribution in [0.1, 0.15) is 0 Å². The summed E-state index contributed by atoms with van der Waals surface area (Å²) >= 11 is 0. The minimum absolute atomic E-state index is 0.710. The number of hydrogen-bond donors (Lipinski definition) is 0. The van der Waals surface area contributed by atoms with Crippen molar-refractivity contribution in [3.8, 4) is 17.1 Å². The van der Waals surface area contributed by atoms with Crippen molar-refractivity contribution in [1.82, 2.24) is 25.0 Å². The second kappa shape index (κ2) is 4.13. The van der Waals surface area contributed by atoms with Gasteiger partial charge in [-0.2, -0.15) is 0 Å². The standard InChI is InChI=1S/C12H9N5/c1-2-4-10(5-3-1)17-9-12(15-16-17)11-8-13-6-7-14-11/h1-9H. The van der Waals surface area contributed by atoms with E-state index in [2.05, 4.69) is 20.3 Å².